The Morgan fingerprint density at radius 3 is 2.43 bits per heavy atom. The number of likely N-dealkylation sites (N-methyl/N-ethyl adjacent to an activating group) is 1. The molecular formula is C13H25N3O4S. The molecule has 0 aromatic heterocycles. The van der Waals surface area contributed by atoms with Gasteiger partial charge in [0.2, 0.25) is 0 Å². The Bertz CT molecular complexity index is 460. The summed E-state index contributed by atoms with van der Waals surface area (Å²) in [7, 11) is -0.979. The lowest BCUT2D eigenvalue weighted by Gasteiger charge is -2.38. The van der Waals surface area contributed by atoms with Crippen LogP contribution in [0.4, 0.5) is 0 Å². The van der Waals surface area contributed by atoms with E-state index in [1.165, 1.54) is 0 Å². The fourth-order valence-electron chi connectivity index (χ4n) is 2.95. The van der Waals surface area contributed by atoms with Crippen molar-refractivity contribution < 1.29 is 18.3 Å². The molecule has 122 valence electrons. The van der Waals surface area contributed by atoms with Crippen LogP contribution in [0.1, 0.15) is 6.42 Å². The van der Waals surface area contributed by atoms with E-state index in [2.05, 4.69) is 16.8 Å². The number of carboxylic acid groups (broad SMARTS) is 1. The summed E-state index contributed by atoms with van der Waals surface area (Å²) in [6, 6.07) is -0.381. The molecule has 7 nitrogen and oxygen atoms in total. The van der Waals surface area contributed by atoms with E-state index < -0.39 is 15.8 Å². The minimum absolute atomic E-state index is 0.0258. The average Bonchev–Trinajstić information content (AvgIpc) is 2.38. The van der Waals surface area contributed by atoms with Crippen LogP contribution in [0.2, 0.25) is 0 Å². The van der Waals surface area contributed by atoms with Crippen LogP contribution in [-0.2, 0) is 14.6 Å². The third-order valence-electron chi connectivity index (χ3n) is 4.36. The molecule has 0 bridgehead atoms. The molecular weight excluding hydrogens is 294 g/mol. The first kappa shape index (κ1) is 16.7. The minimum atomic E-state index is -3.09. The van der Waals surface area contributed by atoms with E-state index in [0.717, 1.165) is 39.3 Å². The Balaban J connectivity index is 1.86. The molecule has 2 aliphatic rings. The first-order valence-corrected chi connectivity index (χ1v) is 9.25. The molecule has 1 atom stereocenters. The molecule has 21 heavy (non-hydrogen) atoms. The van der Waals surface area contributed by atoms with Crippen molar-refractivity contribution in [3.63, 3.8) is 0 Å². The highest BCUT2D eigenvalue weighted by molar-refractivity contribution is 7.91. The van der Waals surface area contributed by atoms with Crippen LogP contribution in [0.3, 0.4) is 0 Å². The molecule has 1 N–H and O–H groups in total. The van der Waals surface area contributed by atoms with Gasteiger partial charge in [0.05, 0.1) is 17.9 Å². The molecule has 0 aliphatic carbocycles. The summed E-state index contributed by atoms with van der Waals surface area (Å²) in [6.45, 7) is 6.22. The second-order valence-electron chi connectivity index (χ2n) is 6.05. The Morgan fingerprint density at radius 2 is 1.81 bits per heavy atom. The molecule has 0 radical (unpaired) electrons. The number of sulfone groups is 1. The Labute approximate surface area is 126 Å². The van der Waals surface area contributed by atoms with Crippen LogP contribution in [-0.4, -0.2) is 105 Å². The van der Waals surface area contributed by atoms with Crippen molar-refractivity contribution in [1.82, 2.24) is 14.7 Å². The monoisotopic (exact) mass is 319 g/mol. The Kier molecular flexibility index (Phi) is 5.59. The van der Waals surface area contributed by atoms with E-state index in [1.807, 2.05) is 4.90 Å². The normalized spacial score (nSPS) is 28.5. The van der Waals surface area contributed by atoms with Gasteiger partial charge in [-0.3, -0.25) is 14.6 Å². The van der Waals surface area contributed by atoms with Crippen molar-refractivity contribution in [2.24, 2.45) is 0 Å². The summed E-state index contributed by atoms with van der Waals surface area (Å²) in [5.41, 5.74) is 0. The number of carbonyl (C=O) groups is 1. The second-order valence-corrected chi connectivity index (χ2v) is 8.28. The van der Waals surface area contributed by atoms with Crippen molar-refractivity contribution in [3.05, 3.63) is 0 Å². The highest BCUT2D eigenvalue weighted by Gasteiger charge is 2.32. The lowest BCUT2D eigenvalue weighted by atomic mass is 10.2. The summed E-state index contributed by atoms with van der Waals surface area (Å²) in [5.74, 6) is -0.810. The predicted molar refractivity (Wildman–Crippen MR) is 80.2 cm³/mol. The van der Waals surface area contributed by atoms with E-state index in [4.69, 9.17) is 5.11 Å². The van der Waals surface area contributed by atoms with Crippen molar-refractivity contribution in [1.29, 1.82) is 0 Å². The van der Waals surface area contributed by atoms with E-state index in [9.17, 15) is 13.2 Å². The summed E-state index contributed by atoms with van der Waals surface area (Å²) < 4.78 is 23.4. The molecule has 0 saturated carbocycles. The lowest BCUT2D eigenvalue weighted by molar-refractivity contribution is -0.138. The van der Waals surface area contributed by atoms with Gasteiger partial charge in [-0.1, -0.05) is 0 Å². The van der Waals surface area contributed by atoms with Gasteiger partial charge in [-0.2, -0.15) is 0 Å². The predicted octanol–water partition coefficient (Wildman–Crippen LogP) is -1.19. The van der Waals surface area contributed by atoms with Crippen molar-refractivity contribution in [2.45, 2.75) is 12.5 Å². The highest BCUT2D eigenvalue weighted by Crippen LogP contribution is 2.15. The third kappa shape index (κ3) is 5.21. The first-order chi connectivity index (χ1) is 9.85. The van der Waals surface area contributed by atoms with Gasteiger partial charge in [-0.15, -0.1) is 0 Å². The Morgan fingerprint density at radius 1 is 1.14 bits per heavy atom. The average molecular weight is 319 g/mol. The van der Waals surface area contributed by atoms with Crippen LogP contribution >= 0.6 is 0 Å². The summed E-state index contributed by atoms with van der Waals surface area (Å²) in [6.07, 6.45) is -0.0953. The SMILES string of the molecule is CN1CCN(CCN2CCS(=O)(=O)CC2CC(=O)O)CC1. The number of aliphatic carboxylic acids is 1. The number of rotatable bonds is 5. The molecule has 0 amide bonds. The van der Waals surface area contributed by atoms with Gasteiger partial charge in [0.15, 0.2) is 9.84 Å². The van der Waals surface area contributed by atoms with Crippen LogP contribution in [0.25, 0.3) is 0 Å². The smallest absolute Gasteiger partial charge is 0.304 e. The van der Waals surface area contributed by atoms with Crippen molar-refractivity contribution >= 4 is 15.8 Å². The van der Waals surface area contributed by atoms with Crippen LogP contribution < -0.4 is 0 Å². The molecule has 0 aromatic carbocycles. The zero-order valence-corrected chi connectivity index (χ0v) is 13.4. The summed E-state index contributed by atoms with van der Waals surface area (Å²) in [4.78, 5) is 17.6. The van der Waals surface area contributed by atoms with Crippen LogP contribution in [0.5, 0.6) is 0 Å². The molecule has 2 heterocycles. The topological polar surface area (TPSA) is 81.2 Å². The van der Waals surface area contributed by atoms with Gasteiger partial charge in [0.1, 0.15) is 0 Å². The molecule has 8 heteroatoms. The third-order valence-corrected chi connectivity index (χ3v) is 6.06. The van der Waals surface area contributed by atoms with Crippen molar-refractivity contribution in [3.8, 4) is 0 Å². The molecule has 2 fully saturated rings. The van der Waals surface area contributed by atoms with Crippen LogP contribution in [0, 0.1) is 0 Å². The van der Waals surface area contributed by atoms with Gasteiger partial charge in [-0.25, -0.2) is 8.42 Å². The molecule has 2 saturated heterocycles. The van der Waals surface area contributed by atoms with E-state index in [-0.39, 0.29) is 24.0 Å². The standard InChI is InChI=1S/C13H25N3O4S/c1-14-2-4-15(5-3-14)6-7-16-8-9-21(19,20)11-12(16)10-13(17)18/h12H,2-11H2,1H3,(H,17,18). The maximum Gasteiger partial charge on any atom is 0.304 e. The molecule has 0 spiro atoms. The van der Waals surface area contributed by atoms with Crippen molar-refractivity contribution in [2.75, 3.05) is 64.4 Å². The maximum atomic E-state index is 11.7. The van der Waals surface area contributed by atoms with Gasteiger partial charge >= 0.3 is 5.97 Å². The zero-order chi connectivity index (χ0) is 15.5. The van der Waals surface area contributed by atoms with E-state index in [1.54, 1.807) is 0 Å². The van der Waals surface area contributed by atoms with Crippen LogP contribution in [0.15, 0.2) is 0 Å². The largest absolute Gasteiger partial charge is 0.481 e. The zero-order valence-electron chi connectivity index (χ0n) is 12.6. The number of carboxylic acids is 1. The van der Waals surface area contributed by atoms with Gasteiger partial charge in [-0.05, 0) is 7.05 Å². The fraction of sp³-hybridized carbons (Fsp3) is 0.923. The second kappa shape index (κ2) is 7.04. The maximum absolute atomic E-state index is 11.7. The number of piperazine rings is 1. The number of nitrogens with zero attached hydrogens (tertiary/aromatic N) is 3. The Hall–Kier alpha value is -0.700. The highest BCUT2D eigenvalue weighted by atomic mass is 32.2. The lowest BCUT2D eigenvalue weighted by Crippen LogP contribution is -2.53. The quantitative estimate of drug-likeness (QED) is 0.682. The minimum Gasteiger partial charge on any atom is -0.481 e. The molecule has 1 unspecified atom stereocenters. The first-order valence-electron chi connectivity index (χ1n) is 7.43. The number of hydrogen-bond acceptors (Lipinski definition) is 6. The molecule has 2 aliphatic heterocycles. The van der Waals surface area contributed by atoms with E-state index in [0.29, 0.717) is 6.54 Å². The fourth-order valence-corrected chi connectivity index (χ4v) is 4.54. The van der Waals surface area contributed by atoms with Gasteiger partial charge < -0.3 is 10.0 Å². The molecule has 2 rings (SSSR count). The molecule has 0 aromatic rings. The number of hydrogen-bond donors (Lipinski definition) is 1. The van der Waals surface area contributed by atoms with Gasteiger partial charge in [0, 0.05) is 51.9 Å². The summed E-state index contributed by atoms with van der Waals surface area (Å²) >= 11 is 0. The van der Waals surface area contributed by atoms with Gasteiger partial charge in [0.25, 0.3) is 0 Å². The van der Waals surface area contributed by atoms with E-state index >= 15 is 0 Å². The summed E-state index contributed by atoms with van der Waals surface area (Å²) in [5, 5.41) is 8.96.